The predicted molar refractivity (Wildman–Crippen MR) is 108 cm³/mol. The zero-order chi connectivity index (χ0) is 20.3. The van der Waals surface area contributed by atoms with Gasteiger partial charge in [-0.2, -0.15) is 5.10 Å². The molecule has 1 aliphatic rings. The second-order valence-corrected chi connectivity index (χ2v) is 7.11. The van der Waals surface area contributed by atoms with E-state index in [2.05, 4.69) is 20.7 Å². The summed E-state index contributed by atoms with van der Waals surface area (Å²) in [5, 5.41) is 11.1. The third-order valence-electron chi connectivity index (χ3n) is 5.18. The maximum absolute atomic E-state index is 14.1. The summed E-state index contributed by atoms with van der Waals surface area (Å²) in [6.07, 6.45) is 0.781. The van der Waals surface area contributed by atoms with E-state index in [1.807, 2.05) is 32.5 Å². The first-order valence-electron chi connectivity index (χ1n) is 9.63. The molecule has 0 spiro atoms. The molecule has 0 radical (unpaired) electrons. The zero-order valence-electron chi connectivity index (χ0n) is 16.9. The lowest BCUT2D eigenvalue weighted by molar-refractivity contribution is 0.576. The number of hydrogen-bond acceptors (Lipinski definition) is 3. The molecular formula is C20H28F2N6. The van der Waals surface area contributed by atoms with Gasteiger partial charge in [0.15, 0.2) is 5.96 Å². The molecular weight excluding hydrogens is 362 g/mol. The van der Waals surface area contributed by atoms with Crippen molar-refractivity contribution in [2.24, 2.45) is 12.0 Å². The lowest BCUT2D eigenvalue weighted by atomic mass is 10.2. The van der Waals surface area contributed by atoms with Crippen LogP contribution in [0.2, 0.25) is 0 Å². The molecule has 2 heterocycles. The van der Waals surface area contributed by atoms with Crippen molar-refractivity contribution in [1.82, 2.24) is 20.4 Å². The second kappa shape index (κ2) is 8.58. The maximum atomic E-state index is 14.1. The van der Waals surface area contributed by atoms with E-state index < -0.39 is 11.6 Å². The van der Waals surface area contributed by atoms with Crippen LogP contribution in [0.5, 0.6) is 0 Å². The van der Waals surface area contributed by atoms with E-state index in [0.717, 1.165) is 29.9 Å². The van der Waals surface area contributed by atoms with Crippen LogP contribution in [0.25, 0.3) is 0 Å². The van der Waals surface area contributed by atoms with Gasteiger partial charge in [-0.3, -0.25) is 4.68 Å². The van der Waals surface area contributed by atoms with Gasteiger partial charge in [-0.05, 0) is 39.3 Å². The van der Waals surface area contributed by atoms with E-state index in [1.54, 1.807) is 4.90 Å². The van der Waals surface area contributed by atoms with Crippen LogP contribution in [-0.2, 0) is 13.6 Å². The highest BCUT2D eigenvalue weighted by molar-refractivity contribution is 5.80. The fourth-order valence-electron chi connectivity index (χ4n) is 3.59. The number of halogens is 2. The standard InChI is InChI=1S/C20H28F2N6/c1-5-23-20(24-11-16-13(2)26-27(4)14(16)3)25-15-9-10-28(12-15)19-17(21)7-6-8-18(19)22/h6-8,15H,5,9-12H2,1-4H3,(H2,23,24,25). The number of hydrogen-bond donors (Lipinski definition) is 2. The minimum Gasteiger partial charge on any atom is -0.365 e. The largest absolute Gasteiger partial charge is 0.365 e. The summed E-state index contributed by atoms with van der Waals surface area (Å²) in [7, 11) is 1.92. The summed E-state index contributed by atoms with van der Waals surface area (Å²) in [6, 6.07) is 4.04. The SMILES string of the molecule is CCNC(=NCc1c(C)nn(C)c1C)NC1CCN(c2c(F)cccc2F)C1. The Labute approximate surface area is 164 Å². The number of anilines is 1. The van der Waals surface area contributed by atoms with Gasteiger partial charge < -0.3 is 15.5 Å². The Morgan fingerprint density at radius 2 is 2.00 bits per heavy atom. The molecule has 0 aliphatic carbocycles. The molecule has 1 atom stereocenters. The van der Waals surface area contributed by atoms with E-state index in [9.17, 15) is 8.78 Å². The first kappa shape index (κ1) is 20.1. The maximum Gasteiger partial charge on any atom is 0.191 e. The van der Waals surface area contributed by atoms with Crippen molar-refractivity contribution in [2.45, 2.75) is 39.8 Å². The zero-order valence-corrected chi connectivity index (χ0v) is 16.9. The van der Waals surface area contributed by atoms with E-state index in [0.29, 0.717) is 25.6 Å². The van der Waals surface area contributed by atoms with Gasteiger partial charge in [0.05, 0.1) is 12.2 Å². The highest BCUT2D eigenvalue weighted by Crippen LogP contribution is 2.26. The summed E-state index contributed by atoms with van der Waals surface area (Å²) < 4.78 is 30.0. The second-order valence-electron chi connectivity index (χ2n) is 7.11. The van der Waals surface area contributed by atoms with E-state index >= 15 is 0 Å². The van der Waals surface area contributed by atoms with Crippen molar-refractivity contribution in [2.75, 3.05) is 24.5 Å². The quantitative estimate of drug-likeness (QED) is 0.609. The van der Waals surface area contributed by atoms with Crippen molar-refractivity contribution >= 4 is 11.6 Å². The number of aliphatic imine (C=N–C) groups is 1. The monoisotopic (exact) mass is 390 g/mol. The molecule has 1 aromatic carbocycles. The number of nitrogens with one attached hydrogen (secondary N) is 2. The summed E-state index contributed by atoms with van der Waals surface area (Å²) >= 11 is 0. The normalized spacial score (nSPS) is 17.3. The van der Waals surface area contributed by atoms with Crippen molar-refractivity contribution in [3.8, 4) is 0 Å². The number of benzene rings is 1. The van der Waals surface area contributed by atoms with Gasteiger partial charge in [-0.15, -0.1) is 0 Å². The van der Waals surface area contributed by atoms with Crippen molar-refractivity contribution in [1.29, 1.82) is 0 Å². The van der Waals surface area contributed by atoms with Crippen LogP contribution in [0, 0.1) is 25.5 Å². The number of guanidine groups is 1. The molecule has 2 N–H and O–H groups in total. The van der Waals surface area contributed by atoms with Crippen molar-refractivity contribution in [3.05, 3.63) is 46.8 Å². The molecule has 6 nitrogen and oxygen atoms in total. The molecule has 1 aliphatic heterocycles. The molecule has 8 heteroatoms. The topological polar surface area (TPSA) is 57.5 Å². The van der Waals surface area contributed by atoms with E-state index in [-0.39, 0.29) is 11.7 Å². The van der Waals surface area contributed by atoms with Crippen LogP contribution >= 0.6 is 0 Å². The van der Waals surface area contributed by atoms with Gasteiger partial charge in [0.2, 0.25) is 0 Å². The van der Waals surface area contributed by atoms with Gasteiger partial charge in [0.25, 0.3) is 0 Å². The van der Waals surface area contributed by atoms with Crippen LogP contribution in [-0.4, -0.2) is 41.4 Å². The molecule has 1 unspecified atom stereocenters. The number of nitrogens with zero attached hydrogens (tertiary/aromatic N) is 4. The third-order valence-corrected chi connectivity index (χ3v) is 5.18. The fourth-order valence-corrected chi connectivity index (χ4v) is 3.59. The Balaban J connectivity index is 1.68. The Bertz CT molecular complexity index is 840. The molecule has 2 aromatic rings. The summed E-state index contributed by atoms with van der Waals surface area (Å²) in [5.74, 6) is -0.349. The molecule has 3 rings (SSSR count). The first-order valence-corrected chi connectivity index (χ1v) is 9.63. The number of aryl methyl sites for hydroxylation is 2. The summed E-state index contributed by atoms with van der Waals surface area (Å²) in [6.45, 7) is 8.39. The van der Waals surface area contributed by atoms with Crippen LogP contribution in [0.3, 0.4) is 0 Å². The van der Waals surface area contributed by atoms with Crippen molar-refractivity contribution < 1.29 is 8.78 Å². The molecule has 0 bridgehead atoms. The third kappa shape index (κ3) is 4.26. The highest BCUT2D eigenvalue weighted by atomic mass is 19.1. The van der Waals surface area contributed by atoms with Crippen LogP contribution in [0.1, 0.15) is 30.3 Å². The predicted octanol–water partition coefficient (Wildman–Crippen LogP) is 2.65. The van der Waals surface area contributed by atoms with Gasteiger partial charge >= 0.3 is 0 Å². The van der Waals surface area contributed by atoms with E-state index in [4.69, 9.17) is 0 Å². The number of para-hydroxylation sites is 1. The van der Waals surface area contributed by atoms with Gasteiger partial charge in [0.1, 0.15) is 17.3 Å². The lowest BCUT2D eigenvalue weighted by Crippen LogP contribution is -2.44. The molecule has 152 valence electrons. The molecule has 28 heavy (non-hydrogen) atoms. The molecule has 0 amide bonds. The smallest absolute Gasteiger partial charge is 0.191 e. The first-order chi connectivity index (χ1) is 13.4. The Hall–Kier alpha value is -2.64. The number of aromatic nitrogens is 2. The molecule has 1 saturated heterocycles. The average Bonchev–Trinajstić information content (AvgIpc) is 3.18. The summed E-state index contributed by atoms with van der Waals surface area (Å²) in [5.41, 5.74) is 3.23. The number of rotatable bonds is 5. The lowest BCUT2D eigenvalue weighted by Gasteiger charge is -2.21. The Morgan fingerprint density at radius 1 is 1.29 bits per heavy atom. The molecule has 1 fully saturated rings. The van der Waals surface area contributed by atoms with Crippen LogP contribution in [0.4, 0.5) is 14.5 Å². The molecule has 1 aromatic heterocycles. The Morgan fingerprint density at radius 3 is 2.61 bits per heavy atom. The highest BCUT2D eigenvalue weighted by Gasteiger charge is 2.27. The summed E-state index contributed by atoms with van der Waals surface area (Å²) in [4.78, 5) is 6.44. The van der Waals surface area contributed by atoms with Gasteiger partial charge in [-0.25, -0.2) is 13.8 Å². The minimum atomic E-state index is -0.524. The molecule has 0 saturated carbocycles. The average molecular weight is 390 g/mol. The fraction of sp³-hybridized carbons (Fsp3) is 0.500. The van der Waals surface area contributed by atoms with Crippen LogP contribution < -0.4 is 15.5 Å². The van der Waals surface area contributed by atoms with Crippen LogP contribution in [0.15, 0.2) is 23.2 Å². The van der Waals surface area contributed by atoms with Gasteiger partial charge in [-0.1, -0.05) is 6.07 Å². The van der Waals surface area contributed by atoms with Crippen molar-refractivity contribution in [3.63, 3.8) is 0 Å². The minimum absolute atomic E-state index is 0.0512. The van der Waals surface area contributed by atoms with Gasteiger partial charge in [0, 0.05) is 44.0 Å². The Kier molecular flexibility index (Phi) is 6.16. The van der Waals surface area contributed by atoms with E-state index in [1.165, 1.54) is 18.2 Å².